The van der Waals surface area contributed by atoms with Gasteiger partial charge in [0, 0.05) is 0 Å². The molecule has 4 rings (SSSR count). The fraction of sp³-hybridized carbons (Fsp3) is 1.00. The Hall–Kier alpha value is -0.880. The number of aliphatic hydroxyl groups excluding tert-OH is 17. The van der Waals surface area contributed by atoms with Gasteiger partial charge in [0.15, 0.2) is 18.9 Å². The average Bonchev–Trinajstić information content (AvgIpc) is 3.33. The molecule has 0 bridgehead atoms. The second kappa shape index (κ2) is 18.8. The van der Waals surface area contributed by atoms with Crippen LogP contribution in [0.1, 0.15) is 0 Å². The number of ether oxygens (including phenoxy) is 5. The van der Waals surface area contributed by atoms with Gasteiger partial charge in [0.25, 0.3) is 0 Å². The van der Waals surface area contributed by atoms with E-state index in [2.05, 4.69) is 4.74 Å². The third-order valence-electron chi connectivity index (χ3n) is 7.65. The number of hydrogen-bond acceptors (Lipinski definition) is 22. The van der Waals surface area contributed by atoms with E-state index in [1.54, 1.807) is 0 Å². The van der Waals surface area contributed by atoms with Crippen molar-refractivity contribution in [3.05, 3.63) is 0 Å². The van der Waals surface area contributed by atoms with Crippen molar-refractivity contribution in [2.24, 2.45) is 0 Å². The van der Waals surface area contributed by atoms with Crippen LogP contribution >= 0.6 is 0 Å². The SMILES string of the molecule is OCC1OC(OC[C@H]2O[C@H](O)[C@H](O)[C@@H](O)C2O)[C@H](O)[C@@H](O)[C@H]1O.OCC1O[C@H](CO)[C@@H](O)[C@@H]1O.OC[C@H]1O[C@H](O)[C@@H](O)[C@@H](O)[C@@H]1O. The van der Waals surface area contributed by atoms with Crippen LogP contribution in [0.5, 0.6) is 0 Å². The first-order valence-corrected chi connectivity index (χ1v) is 14.1. The normalized spacial score (nSPS) is 49.4. The predicted octanol–water partition coefficient (Wildman–Crippen LogP) is -11.2. The Labute approximate surface area is 260 Å². The molecular weight excluding hydrogens is 640 g/mol. The largest absolute Gasteiger partial charge is 0.394 e. The Morgan fingerprint density at radius 1 is 0.326 bits per heavy atom. The monoisotopic (exact) mass is 686 g/mol. The van der Waals surface area contributed by atoms with Crippen LogP contribution < -0.4 is 0 Å². The van der Waals surface area contributed by atoms with E-state index in [1.807, 2.05) is 0 Å². The van der Waals surface area contributed by atoms with Gasteiger partial charge in [-0.15, -0.1) is 0 Å². The van der Waals surface area contributed by atoms with Crippen LogP contribution in [0.15, 0.2) is 0 Å². The fourth-order valence-corrected chi connectivity index (χ4v) is 4.67. The molecular formula is C24H46O22. The Balaban J connectivity index is 0.000000268. The van der Waals surface area contributed by atoms with E-state index in [4.69, 9.17) is 70.0 Å². The highest BCUT2D eigenvalue weighted by Crippen LogP contribution is 2.25. The minimum atomic E-state index is -1.74. The average molecular weight is 687 g/mol. The molecule has 4 fully saturated rings. The Morgan fingerprint density at radius 2 is 0.630 bits per heavy atom. The smallest absolute Gasteiger partial charge is 0.186 e. The minimum absolute atomic E-state index is 0.352. The van der Waals surface area contributed by atoms with E-state index in [9.17, 15) is 35.7 Å². The molecule has 0 aliphatic carbocycles. The molecule has 4 saturated heterocycles. The van der Waals surface area contributed by atoms with Crippen molar-refractivity contribution in [3.8, 4) is 0 Å². The van der Waals surface area contributed by atoms with Crippen LogP contribution in [-0.4, -0.2) is 236 Å². The molecule has 274 valence electrons. The molecule has 4 unspecified atom stereocenters. The summed E-state index contributed by atoms with van der Waals surface area (Å²) in [6.07, 6.45) is -26.1. The molecule has 0 aromatic heterocycles. The molecule has 4 aliphatic heterocycles. The predicted molar refractivity (Wildman–Crippen MR) is 139 cm³/mol. The van der Waals surface area contributed by atoms with Crippen LogP contribution in [0.3, 0.4) is 0 Å². The van der Waals surface area contributed by atoms with Crippen molar-refractivity contribution in [3.63, 3.8) is 0 Å². The van der Waals surface area contributed by atoms with Crippen molar-refractivity contribution in [1.82, 2.24) is 0 Å². The van der Waals surface area contributed by atoms with Gasteiger partial charge in [0.1, 0.15) is 97.7 Å². The molecule has 17 N–H and O–H groups in total. The molecule has 0 radical (unpaired) electrons. The zero-order valence-corrected chi connectivity index (χ0v) is 24.1. The highest BCUT2D eigenvalue weighted by Gasteiger charge is 2.47. The summed E-state index contributed by atoms with van der Waals surface area (Å²) in [6.45, 7) is -2.33. The lowest BCUT2D eigenvalue weighted by molar-refractivity contribution is -0.325. The van der Waals surface area contributed by atoms with E-state index < -0.39 is 136 Å². The van der Waals surface area contributed by atoms with E-state index in [0.29, 0.717) is 0 Å². The molecule has 0 aromatic carbocycles. The lowest BCUT2D eigenvalue weighted by atomic mass is 9.98. The van der Waals surface area contributed by atoms with Gasteiger partial charge in [-0.25, -0.2) is 0 Å². The number of hydrogen-bond donors (Lipinski definition) is 17. The topological polar surface area (TPSA) is 390 Å². The Bertz CT molecular complexity index is 834. The van der Waals surface area contributed by atoms with E-state index in [0.717, 1.165) is 0 Å². The summed E-state index contributed by atoms with van der Waals surface area (Å²) < 4.78 is 24.6. The number of aliphatic hydroxyl groups is 17. The van der Waals surface area contributed by atoms with Gasteiger partial charge in [-0.1, -0.05) is 0 Å². The summed E-state index contributed by atoms with van der Waals surface area (Å²) in [5.74, 6) is 0. The van der Waals surface area contributed by atoms with Crippen molar-refractivity contribution in [1.29, 1.82) is 0 Å². The summed E-state index contributed by atoms with van der Waals surface area (Å²) in [6, 6.07) is 0. The van der Waals surface area contributed by atoms with Crippen molar-refractivity contribution in [2.45, 2.75) is 117 Å². The molecule has 4 aliphatic rings. The van der Waals surface area contributed by atoms with E-state index in [1.165, 1.54) is 0 Å². The highest BCUT2D eigenvalue weighted by molar-refractivity contribution is 4.92. The molecule has 46 heavy (non-hydrogen) atoms. The third-order valence-corrected chi connectivity index (χ3v) is 7.65. The van der Waals surface area contributed by atoms with Gasteiger partial charge in [0.2, 0.25) is 0 Å². The summed E-state index contributed by atoms with van der Waals surface area (Å²) in [5.41, 5.74) is 0. The molecule has 0 spiro atoms. The minimum Gasteiger partial charge on any atom is -0.394 e. The molecule has 0 saturated carbocycles. The maximum absolute atomic E-state index is 9.78. The van der Waals surface area contributed by atoms with Crippen LogP contribution in [-0.2, 0) is 23.7 Å². The van der Waals surface area contributed by atoms with Gasteiger partial charge >= 0.3 is 0 Å². The van der Waals surface area contributed by atoms with Crippen molar-refractivity contribution in [2.75, 3.05) is 33.0 Å². The van der Waals surface area contributed by atoms with Gasteiger partial charge in [-0.3, -0.25) is 0 Å². The second-order valence-corrected chi connectivity index (χ2v) is 10.8. The molecule has 0 amide bonds. The van der Waals surface area contributed by atoms with Crippen LogP contribution in [0.4, 0.5) is 0 Å². The van der Waals surface area contributed by atoms with E-state index in [-0.39, 0.29) is 13.2 Å². The highest BCUT2D eigenvalue weighted by atomic mass is 16.7. The molecule has 0 aromatic rings. The van der Waals surface area contributed by atoms with Gasteiger partial charge < -0.3 is 110 Å². The van der Waals surface area contributed by atoms with E-state index >= 15 is 0 Å². The van der Waals surface area contributed by atoms with Crippen molar-refractivity contribution < 1.29 is 110 Å². The lowest BCUT2D eigenvalue weighted by Crippen LogP contribution is -2.61. The zero-order chi connectivity index (χ0) is 35.0. The molecule has 22 nitrogen and oxygen atoms in total. The maximum Gasteiger partial charge on any atom is 0.186 e. The van der Waals surface area contributed by atoms with Crippen LogP contribution in [0.25, 0.3) is 0 Å². The van der Waals surface area contributed by atoms with Gasteiger partial charge in [-0.2, -0.15) is 0 Å². The first-order valence-electron chi connectivity index (χ1n) is 14.1. The Kier molecular flexibility index (Phi) is 16.8. The van der Waals surface area contributed by atoms with Crippen LogP contribution in [0, 0.1) is 0 Å². The van der Waals surface area contributed by atoms with Gasteiger partial charge in [0.05, 0.1) is 33.0 Å². The van der Waals surface area contributed by atoms with Crippen LogP contribution in [0.2, 0.25) is 0 Å². The van der Waals surface area contributed by atoms with Gasteiger partial charge in [-0.05, 0) is 0 Å². The zero-order valence-electron chi connectivity index (χ0n) is 24.1. The second-order valence-electron chi connectivity index (χ2n) is 10.8. The van der Waals surface area contributed by atoms with Crippen molar-refractivity contribution >= 4 is 0 Å². The maximum atomic E-state index is 9.78. The first kappa shape index (κ1) is 41.3. The summed E-state index contributed by atoms with van der Waals surface area (Å²) >= 11 is 0. The Morgan fingerprint density at radius 3 is 1.02 bits per heavy atom. The summed E-state index contributed by atoms with van der Waals surface area (Å²) in [7, 11) is 0. The standard InChI is InChI=1S/C12H22O11.C6H12O6.C6H12O5/c13-1-3-5(14)8(17)10(19)12(23-3)21-2-4-6(15)7(16)9(18)11(20)22-4;7-1-2-3(8)4(9)5(10)6(11)12-2;7-1-3-5(9)6(10)4(2-8)11-3/h3-20H,1-2H2;2-11H,1H2;3-10H,1-2H2/t3?,4-,5+,6?,7+,8+,9-,10-,11+,12?;2-,3-,4+,5+,6+;3-,4?,5-,6-/m111/s1. The molecule has 4 heterocycles. The summed E-state index contributed by atoms with van der Waals surface area (Å²) in [4.78, 5) is 0. The summed E-state index contributed by atoms with van der Waals surface area (Å²) in [5, 5.41) is 156. The molecule has 19 atom stereocenters. The molecule has 22 heteroatoms. The third kappa shape index (κ3) is 9.85. The fourth-order valence-electron chi connectivity index (χ4n) is 4.67. The quantitative estimate of drug-likeness (QED) is 0.118. The first-order chi connectivity index (χ1) is 21.5. The number of rotatable bonds is 7. The lowest BCUT2D eigenvalue weighted by Gasteiger charge is -2.41.